The molecule has 1 heterocycles. The standard InChI is InChI=1S/C10H14BrNO2/c1-3-8(11)6-12-10(13)9-5-4-7(2)14-9/h4-5,8H,3,6H2,1-2H3,(H,12,13). The van der Waals surface area contributed by atoms with Crippen LogP contribution in [0, 0.1) is 6.92 Å². The highest BCUT2D eigenvalue weighted by atomic mass is 79.9. The lowest BCUT2D eigenvalue weighted by Crippen LogP contribution is -2.28. The molecule has 14 heavy (non-hydrogen) atoms. The van der Waals surface area contributed by atoms with Gasteiger partial charge in [0.25, 0.3) is 5.91 Å². The summed E-state index contributed by atoms with van der Waals surface area (Å²) in [7, 11) is 0. The van der Waals surface area contributed by atoms with Gasteiger partial charge in [0.05, 0.1) is 0 Å². The molecule has 0 saturated heterocycles. The second kappa shape index (κ2) is 5.20. The summed E-state index contributed by atoms with van der Waals surface area (Å²) in [5.41, 5.74) is 0. The molecule has 0 aromatic carbocycles. The lowest BCUT2D eigenvalue weighted by molar-refractivity contribution is 0.0925. The molecule has 0 saturated carbocycles. The number of nitrogens with one attached hydrogen (secondary N) is 1. The van der Waals surface area contributed by atoms with Crippen LogP contribution < -0.4 is 5.32 Å². The van der Waals surface area contributed by atoms with E-state index in [1.54, 1.807) is 12.1 Å². The SMILES string of the molecule is CCC(Br)CNC(=O)c1ccc(C)o1. The van der Waals surface area contributed by atoms with Crippen LogP contribution in [0.3, 0.4) is 0 Å². The maximum absolute atomic E-state index is 11.5. The highest BCUT2D eigenvalue weighted by Crippen LogP contribution is 2.07. The summed E-state index contributed by atoms with van der Waals surface area (Å²) in [4.78, 5) is 11.8. The molecule has 0 aliphatic carbocycles. The normalized spacial score (nSPS) is 12.5. The molecule has 4 heteroatoms. The molecule has 0 fully saturated rings. The number of halogens is 1. The minimum Gasteiger partial charge on any atom is -0.456 e. The summed E-state index contributed by atoms with van der Waals surface area (Å²) < 4.78 is 5.18. The minimum absolute atomic E-state index is 0.156. The molecular formula is C10H14BrNO2. The van der Waals surface area contributed by atoms with Gasteiger partial charge in [-0.3, -0.25) is 4.79 Å². The highest BCUT2D eigenvalue weighted by Gasteiger charge is 2.10. The lowest BCUT2D eigenvalue weighted by atomic mass is 10.3. The summed E-state index contributed by atoms with van der Waals surface area (Å²) in [5, 5.41) is 2.78. The van der Waals surface area contributed by atoms with Crippen molar-refractivity contribution in [2.75, 3.05) is 6.54 Å². The number of hydrogen-bond acceptors (Lipinski definition) is 2. The number of aryl methyl sites for hydroxylation is 1. The smallest absolute Gasteiger partial charge is 0.287 e. The fourth-order valence-corrected chi connectivity index (χ4v) is 1.15. The fraction of sp³-hybridized carbons (Fsp3) is 0.500. The Morgan fingerprint density at radius 1 is 1.64 bits per heavy atom. The van der Waals surface area contributed by atoms with Gasteiger partial charge in [-0.2, -0.15) is 0 Å². The van der Waals surface area contributed by atoms with E-state index in [9.17, 15) is 4.79 Å². The van der Waals surface area contributed by atoms with Crippen molar-refractivity contribution in [1.82, 2.24) is 5.32 Å². The van der Waals surface area contributed by atoms with Crippen molar-refractivity contribution in [3.63, 3.8) is 0 Å². The van der Waals surface area contributed by atoms with Crippen molar-refractivity contribution in [2.24, 2.45) is 0 Å². The molecular weight excluding hydrogens is 246 g/mol. The van der Waals surface area contributed by atoms with Gasteiger partial charge in [-0.05, 0) is 25.5 Å². The number of alkyl halides is 1. The monoisotopic (exact) mass is 259 g/mol. The van der Waals surface area contributed by atoms with Crippen molar-refractivity contribution >= 4 is 21.8 Å². The van der Waals surface area contributed by atoms with E-state index in [4.69, 9.17) is 4.42 Å². The van der Waals surface area contributed by atoms with Gasteiger partial charge in [0.1, 0.15) is 5.76 Å². The van der Waals surface area contributed by atoms with Gasteiger partial charge in [0, 0.05) is 11.4 Å². The van der Waals surface area contributed by atoms with Gasteiger partial charge in [-0.1, -0.05) is 22.9 Å². The topological polar surface area (TPSA) is 42.2 Å². The second-order valence-electron chi connectivity index (χ2n) is 3.13. The fourth-order valence-electron chi connectivity index (χ4n) is 0.991. The number of rotatable bonds is 4. The third-order valence-electron chi connectivity index (χ3n) is 1.89. The Hall–Kier alpha value is -0.770. The molecule has 0 aliphatic heterocycles. The van der Waals surface area contributed by atoms with Crippen LogP contribution in [0.5, 0.6) is 0 Å². The summed E-state index contributed by atoms with van der Waals surface area (Å²) in [6, 6.07) is 3.46. The molecule has 1 rings (SSSR count). The van der Waals surface area contributed by atoms with Crippen molar-refractivity contribution < 1.29 is 9.21 Å². The molecule has 0 bridgehead atoms. The van der Waals surface area contributed by atoms with Crippen molar-refractivity contribution in [3.05, 3.63) is 23.7 Å². The van der Waals surface area contributed by atoms with Gasteiger partial charge in [-0.15, -0.1) is 0 Å². The van der Waals surface area contributed by atoms with E-state index in [1.165, 1.54) is 0 Å². The zero-order valence-electron chi connectivity index (χ0n) is 8.34. The van der Waals surface area contributed by atoms with Gasteiger partial charge in [0.15, 0.2) is 5.76 Å². The van der Waals surface area contributed by atoms with Crippen molar-refractivity contribution in [2.45, 2.75) is 25.1 Å². The molecule has 1 aromatic rings. The number of furan rings is 1. The van der Waals surface area contributed by atoms with Crippen LogP contribution >= 0.6 is 15.9 Å². The van der Waals surface area contributed by atoms with E-state index < -0.39 is 0 Å². The predicted octanol–water partition coefficient (Wildman–Crippen LogP) is 2.49. The summed E-state index contributed by atoms with van der Waals surface area (Å²) in [5.74, 6) is 0.968. The predicted molar refractivity (Wildman–Crippen MR) is 58.8 cm³/mol. The Bertz CT molecular complexity index is 309. The Kier molecular flexibility index (Phi) is 4.20. The minimum atomic E-state index is -0.156. The first kappa shape index (κ1) is 11.3. The molecule has 1 N–H and O–H groups in total. The molecule has 1 atom stereocenters. The first-order chi connectivity index (χ1) is 6.63. The molecule has 0 radical (unpaired) electrons. The van der Waals surface area contributed by atoms with E-state index in [2.05, 4.69) is 28.2 Å². The zero-order valence-corrected chi connectivity index (χ0v) is 9.93. The zero-order chi connectivity index (χ0) is 10.6. The van der Waals surface area contributed by atoms with Gasteiger partial charge in [-0.25, -0.2) is 0 Å². The molecule has 0 spiro atoms. The highest BCUT2D eigenvalue weighted by molar-refractivity contribution is 9.09. The molecule has 3 nitrogen and oxygen atoms in total. The summed E-state index contributed by atoms with van der Waals surface area (Å²) in [6.45, 7) is 4.49. The van der Waals surface area contributed by atoms with Crippen LogP contribution in [0.2, 0.25) is 0 Å². The Balaban J connectivity index is 2.43. The molecule has 1 amide bonds. The molecule has 1 aromatic heterocycles. The Labute approximate surface area is 92.0 Å². The number of carbonyl (C=O) groups is 1. The van der Waals surface area contributed by atoms with Crippen LogP contribution in [-0.2, 0) is 0 Å². The first-order valence-corrected chi connectivity index (χ1v) is 5.53. The second-order valence-corrected chi connectivity index (χ2v) is 4.42. The van der Waals surface area contributed by atoms with Crippen LogP contribution in [0.4, 0.5) is 0 Å². The molecule has 1 unspecified atom stereocenters. The first-order valence-electron chi connectivity index (χ1n) is 4.62. The molecule has 0 aliphatic rings. The van der Waals surface area contributed by atoms with Crippen LogP contribution in [-0.4, -0.2) is 17.3 Å². The van der Waals surface area contributed by atoms with Crippen LogP contribution in [0.15, 0.2) is 16.5 Å². The summed E-state index contributed by atoms with van der Waals surface area (Å²) in [6.07, 6.45) is 0.984. The number of amides is 1. The number of carbonyl (C=O) groups excluding carboxylic acids is 1. The van der Waals surface area contributed by atoms with E-state index in [0.29, 0.717) is 17.1 Å². The van der Waals surface area contributed by atoms with Gasteiger partial charge >= 0.3 is 0 Å². The number of hydrogen-bond donors (Lipinski definition) is 1. The third-order valence-corrected chi connectivity index (χ3v) is 2.86. The van der Waals surface area contributed by atoms with Crippen LogP contribution in [0.25, 0.3) is 0 Å². The molecule has 78 valence electrons. The maximum Gasteiger partial charge on any atom is 0.287 e. The quantitative estimate of drug-likeness (QED) is 0.845. The lowest BCUT2D eigenvalue weighted by Gasteiger charge is -2.06. The average Bonchev–Trinajstić information content (AvgIpc) is 2.60. The van der Waals surface area contributed by atoms with E-state index in [1.807, 2.05) is 6.92 Å². The maximum atomic E-state index is 11.5. The Morgan fingerprint density at radius 3 is 2.86 bits per heavy atom. The van der Waals surface area contributed by atoms with E-state index in [-0.39, 0.29) is 5.91 Å². The van der Waals surface area contributed by atoms with Crippen LogP contribution in [0.1, 0.15) is 29.7 Å². The van der Waals surface area contributed by atoms with Gasteiger partial charge < -0.3 is 9.73 Å². The van der Waals surface area contributed by atoms with E-state index in [0.717, 1.165) is 12.2 Å². The third kappa shape index (κ3) is 3.18. The van der Waals surface area contributed by atoms with Gasteiger partial charge in [0.2, 0.25) is 0 Å². The van der Waals surface area contributed by atoms with Crippen molar-refractivity contribution in [3.8, 4) is 0 Å². The van der Waals surface area contributed by atoms with Crippen molar-refractivity contribution in [1.29, 1.82) is 0 Å². The Morgan fingerprint density at radius 2 is 2.36 bits per heavy atom. The summed E-state index contributed by atoms with van der Waals surface area (Å²) >= 11 is 3.44. The average molecular weight is 260 g/mol. The van der Waals surface area contributed by atoms with E-state index >= 15 is 0 Å². The largest absolute Gasteiger partial charge is 0.456 e.